The number of hydrogen-bond donors (Lipinski definition) is 1. The first-order valence-corrected chi connectivity index (χ1v) is 13.1. The summed E-state index contributed by atoms with van der Waals surface area (Å²) in [5.41, 5.74) is 4.66. The third kappa shape index (κ3) is 5.80. The number of carbonyl (C=O) groups is 1. The van der Waals surface area contributed by atoms with Crippen LogP contribution in [0, 0.1) is 20.8 Å². The summed E-state index contributed by atoms with van der Waals surface area (Å²) in [4.78, 5) is 13.1. The second-order valence-electron chi connectivity index (χ2n) is 8.28. The van der Waals surface area contributed by atoms with E-state index in [1.54, 1.807) is 18.2 Å². The number of aryl methyl sites for hydroxylation is 3. The Morgan fingerprint density at radius 2 is 1.68 bits per heavy atom. The second kappa shape index (κ2) is 10.6. The van der Waals surface area contributed by atoms with Gasteiger partial charge in [-0.3, -0.25) is 9.10 Å². The number of nitrogens with zero attached hydrogens (tertiary/aromatic N) is 1. The maximum atomic E-state index is 13.6. The van der Waals surface area contributed by atoms with E-state index in [1.807, 2.05) is 58.0 Å². The average Bonchev–Trinajstić information content (AvgIpc) is 2.79. The zero-order valence-electron chi connectivity index (χ0n) is 19.9. The molecular formula is C26H29BrN2O4S. The molecule has 1 unspecified atom stereocenters. The van der Waals surface area contributed by atoms with Crippen LogP contribution in [0.1, 0.15) is 35.2 Å². The van der Waals surface area contributed by atoms with Crippen molar-refractivity contribution in [3.63, 3.8) is 0 Å². The number of methoxy groups -OCH3 is 1. The maximum Gasteiger partial charge on any atom is 0.264 e. The van der Waals surface area contributed by atoms with Crippen molar-refractivity contribution in [3.8, 4) is 5.75 Å². The van der Waals surface area contributed by atoms with Gasteiger partial charge in [-0.05, 0) is 90.6 Å². The summed E-state index contributed by atoms with van der Waals surface area (Å²) in [5, 5.41) is 2.93. The number of halogens is 1. The molecule has 0 bridgehead atoms. The molecule has 0 aliphatic rings. The van der Waals surface area contributed by atoms with Crippen molar-refractivity contribution in [3.05, 3.63) is 87.4 Å². The van der Waals surface area contributed by atoms with Crippen LogP contribution in [0.25, 0.3) is 0 Å². The van der Waals surface area contributed by atoms with Crippen LogP contribution in [0.2, 0.25) is 0 Å². The summed E-state index contributed by atoms with van der Waals surface area (Å²) < 4.78 is 34.1. The lowest BCUT2D eigenvalue weighted by molar-refractivity contribution is -0.120. The SMILES string of the molecule is COc1ccc(S(=O)(=O)N(CC(=O)NC(C)c2ccc(C)c(C)c2)c2ccc(C)cc2)cc1Br. The summed E-state index contributed by atoms with van der Waals surface area (Å²) in [6.45, 7) is 7.49. The van der Waals surface area contributed by atoms with Crippen LogP contribution >= 0.6 is 15.9 Å². The van der Waals surface area contributed by atoms with E-state index in [0.717, 1.165) is 21.0 Å². The number of hydrogen-bond acceptors (Lipinski definition) is 4. The highest BCUT2D eigenvalue weighted by molar-refractivity contribution is 9.10. The first-order valence-electron chi connectivity index (χ1n) is 10.8. The molecule has 0 aliphatic carbocycles. The summed E-state index contributed by atoms with van der Waals surface area (Å²) >= 11 is 3.35. The summed E-state index contributed by atoms with van der Waals surface area (Å²) in [7, 11) is -2.53. The van der Waals surface area contributed by atoms with Crippen molar-refractivity contribution in [1.82, 2.24) is 5.32 Å². The van der Waals surface area contributed by atoms with E-state index in [4.69, 9.17) is 4.74 Å². The van der Waals surface area contributed by atoms with Crippen molar-refractivity contribution in [2.24, 2.45) is 0 Å². The third-order valence-electron chi connectivity index (χ3n) is 5.73. The number of anilines is 1. The van der Waals surface area contributed by atoms with Gasteiger partial charge in [-0.2, -0.15) is 0 Å². The van der Waals surface area contributed by atoms with Gasteiger partial charge in [-0.1, -0.05) is 35.9 Å². The molecule has 0 saturated heterocycles. The lowest BCUT2D eigenvalue weighted by atomic mass is 10.0. The smallest absolute Gasteiger partial charge is 0.264 e. The highest BCUT2D eigenvalue weighted by atomic mass is 79.9. The predicted octanol–water partition coefficient (Wildman–Crippen LogP) is 5.46. The zero-order chi connectivity index (χ0) is 25.0. The summed E-state index contributed by atoms with van der Waals surface area (Å²) in [6, 6.07) is 17.3. The molecule has 8 heteroatoms. The van der Waals surface area contributed by atoms with Crippen LogP contribution in [0.4, 0.5) is 5.69 Å². The van der Waals surface area contributed by atoms with E-state index in [1.165, 1.54) is 24.8 Å². The van der Waals surface area contributed by atoms with Crippen LogP contribution in [0.5, 0.6) is 5.75 Å². The highest BCUT2D eigenvalue weighted by Gasteiger charge is 2.28. The lowest BCUT2D eigenvalue weighted by Crippen LogP contribution is -2.41. The molecule has 6 nitrogen and oxygen atoms in total. The Kier molecular flexibility index (Phi) is 8.05. The Balaban J connectivity index is 1.91. The average molecular weight is 545 g/mol. The van der Waals surface area contributed by atoms with E-state index < -0.39 is 15.9 Å². The quantitative estimate of drug-likeness (QED) is 0.408. The summed E-state index contributed by atoms with van der Waals surface area (Å²) in [6.07, 6.45) is 0. The van der Waals surface area contributed by atoms with Gasteiger partial charge >= 0.3 is 0 Å². The Morgan fingerprint density at radius 1 is 1.00 bits per heavy atom. The molecule has 0 heterocycles. The molecule has 3 rings (SSSR count). The van der Waals surface area contributed by atoms with Crippen molar-refractivity contribution >= 4 is 37.5 Å². The molecule has 0 fully saturated rings. The molecule has 1 atom stereocenters. The Hall–Kier alpha value is -2.84. The van der Waals surface area contributed by atoms with E-state index >= 15 is 0 Å². The van der Waals surface area contributed by atoms with Gasteiger partial charge in [0.25, 0.3) is 10.0 Å². The number of benzene rings is 3. The van der Waals surface area contributed by atoms with Crippen LogP contribution < -0.4 is 14.4 Å². The molecule has 3 aromatic rings. The van der Waals surface area contributed by atoms with Crippen LogP contribution in [-0.4, -0.2) is 28.0 Å². The molecular weight excluding hydrogens is 516 g/mol. The topological polar surface area (TPSA) is 75.7 Å². The van der Waals surface area contributed by atoms with Gasteiger partial charge in [-0.15, -0.1) is 0 Å². The normalized spacial score (nSPS) is 12.2. The minimum absolute atomic E-state index is 0.0516. The maximum absolute atomic E-state index is 13.6. The van der Waals surface area contributed by atoms with Gasteiger partial charge in [0.15, 0.2) is 0 Å². The van der Waals surface area contributed by atoms with Crippen molar-refractivity contribution in [1.29, 1.82) is 0 Å². The standard InChI is InChI=1S/C26H29BrN2O4S/c1-17-6-10-22(11-7-17)29(34(31,32)23-12-13-25(33-5)24(27)15-23)16-26(30)28-20(4)21-9-8-18(2)19(3)14-21/h6-15,20H,16H2,1-5H3,(H,28,30). The zero-order valence-corrected chi connectivity index (χ0v) is 22.3. The van der Waals surface area contributed by atoms with Crippen LogP contribution in [0.3, 0.4) is 0 Å². The lowest BCUT2D eigenvalue weighted by Gasteiger charge is -2.25. The molecule has 0 radical (unpaired) electrons. The first-order chi connectivity index (χ1) is 16.0. The highest BCUT2D eigenvalue weighted by Crippen LogP contribution is 2.31. The number of sulfonamides is 1. The fourth-order valence-corrected chi connectivity index (χ4v) is 5.64. The van der Waals surface area contributed by atoms with E-state index in [9.17, 15) is 13.2 Å². The van der Waals surface area contributed by atoms with Gasteiger partial charge in [-0.25, -0.2) is 8.42 Å². The molecule has 0 spiro atoms. The van der Waals surface area contributed by atoms with Crippen molar-refractivity contribution in [2.45, 2.75) is 38.6 Å². The second-order valence-corrected chi connectivity index (χ2v) is 11.0. The Labute approximate surface area is 210 Å². The Bertz CT molecular complexity index is 1290. The number of nitrogens with one attached hydrogen (secondary N) is 1. The monoisotopic (exact) mass is 544 g/mol. The van der Waals surface area contributed by atoms with Gasteiger partial charge in [0.2, 0.25) is 5.91 Å². The fraction of sp³-hybridized carbons (Fsp3) is 0.269. The Morgan fingerprint density at radius 3 is 2.26 bits per heavy atom. The molecule has 0 saturated carbocycles. The van der Waals surface area contributed by atoms with Gasteiger partial charge < -0.3 is 10.1 Å². The predicted molar refractivity (Wildman–Crippen MR) is 139 cm³/mol. The fourth-order valence-electron chi connectivity index (χ4n) is 3.50. The van der Waals surface area contributed by atoms with E-state index in [-0.39, 0.29) is 17.5 Å². The van der Waals surface area contributed by atoms with Gasteiger partial charge in [0.05, 0.1) is 28.2 Å². The minimum atomic E-state index is -4.04. The molecule has 34 heavy (non-hydrogen) atoms. The third-order valence-corrected chi connectivity index (χ3v) is 8.12. The first kappa shape index (κ1) is 25.8. The number of carbonyl (C=O) groups excluding carboxylic acids is 1. The van der Waals surface area contributed by atoms with Crippen LogP contribution in [-0.2, 0) is 14.8 Å². The number of ether oxygens (including phenoxy) is 1. The molecule has 3 aromatic carbocycles. The van der Waals surface area contributed by atoms with Gasteiger partial charge in [0.1, 0.15) is 12.3 Å². The molecule has 1 amide bonds. The largest absolute Gasteiger partial charge is 0.496 e. The minimum Gasteiger partial charge on any atom is -0.496 e. The molecule has 1 N–H and O–H groups in total. The van der Waals surface area contributed by atoms with Gasteiger partial charge in [0, 0.05) is 0 Å². The number of rotatable bonds is 8. The van der Waals surface area contributed by atoms with Crippen molar-refractivity contribution in [2.75, 3.05) is 18.0 Å². The van der Waals surface area contributed by atoms with Crippen molar-refractivity contribution < 1.29 is 17.9 Å². The summed E-state index contributed by atoms with van der Waals surface area (Å²) in [5.74, 6) is 0.114. The van der Waals surface area contributed by atoms with Crippen LogP contribution in [0.15, 0.2) is 70.0 Å². The van der Waals surface area contributed by atoms with E-state index in [2.05, 4.69) is 21.2 Å². The molecule has 0 aliphatic heterocycles. The number of amides is 1. The molecule has 0 aromatic heterocycles. The molecule has 180 valence electrons. The van der Waals surface area contributed by atoms with E-state index in [0.29, 0.717) is 15.9 Å².